The highest BCUT2D eigenvalue weighted by atomic mass is 16.4. The molecule has 2 aliphatic rings. The predicted octanol–water partition coefficient (Wildman–Crippen LogP) is 3.71. The van der Waals surface area contributed by atoms with E-state index in [2.05, 4.69) is 31.1 Å². The summed E-state index contributed by atoms with van der Waals surface area (Å²) >= 11 is 0. The van der Waals surface area contributed by atoms with Gasteiger partial charge in [0.15, 0.2) is 5.58 Å². The van der Waals surface area contributed by atoms with Crippen LogP contribution in [0.4, 0.5) is 6.01 Å². The zero-order chi connectivity index (χ0) is 19.2. The molecule has 4 rings (SSSR count). The van der Waals surface area contributed by atoms with E-state index in [1.54, 1.807) is 0 Å². The molecule has 6 nitrogen and oxygen atoms in total. The standard InChI is InChI=1S/C21H27N3O3/c1-21(2,3)15-8-9-17-16(11-15)22-20(27-17)23-18(25)14-5-4-10-24(12-14)19(26)13-6-7-13/h8-9,11,13-14H,4-7,10,12H2,1-3H3,(H,22,23,25)/t14-/m1/s1. The number of oxazole rings is 1. The van der Waals surface area contributed by atoms with Crippen LogP contribution in [0.3, 0.4) is 0 Å². The first-order valence-corrected chi connectivity index (χ1v) is 9.82. The Labute approximate surface area is 159 Å². The first-order chi connectivity index (χ1) is 12.8. The van der Waals surface area contributed by atoms with Crippen LogP contribution in [0.2, 0.25) is 0 Å². The van der Waals surface area contributed by atoms with Gasteiger partial charge in [-0.15, -0.1) is 0 Å². The SMILES string of the molecule is CC(C)(C)c1ccc2oc(NC(=O)[C@@H]3CCCN(C(=O)C4CC4)C3)nc2c1. The van der Waals surface area contributed by atoms with Crippen LogP contribution in [0, 0.1) is 11.8 Å². The zero-order valence-corrected chi connectivity index (χ0v) is 16.2. The van der Waals surface area contributed by atoms with Crippen LogP contribution < -0.4 is 5.32 Å². The summed E-state index contributed by atoms with van der Waals surface area (Å²) in [6.45, 7) is 7.70. The third-order valence-corrected chi connectivity index (χ3v) is 5.51. The van der Waals surface area contributed by atoms with Gasteiger partial charge >= 0.3 is 6.01 Å². The van der Waals surface area contributed by atoms with E-state index in [0.29, 0.717) is 12.1 Å². The Hall–Kier alpha value is -2.37. The minimum absolute atomic E-state index is 0.0240. The summed E-state index contributed by atoms with van der Waals surface area (Å²) in [5, 5.41) is 2.81. The highest BCUT2D eigenvalue weighted by molar-refractivity contribution is 5.92. The summed E-state index contributed by atoms with van der Waals surface area (Å²) in [5.74, 6) is 0.0810. The van der Waals surface area contributed by atoms with Gasteiger partial charge < -0.3 is 9.32 Å². The smallest absolute Gasteiger partial charge is 0.302 e. The van der Waals surface area contributed by atoms with Crippen molar-refractivity contribution in [1.29, 1.82) is 0 Å². The molecule has 1 aromatic heterocycles. The molecule has 1 saturated carbocycles. The third kappa shape index (κ3) is 3.84. The second kappa shape index (κ2) is 6.66. The lowest BCUT2D eigenvalue weighted by atomic mass is 9.87. The molecule has 0 unspecified atom stereocenters. The maximum atomic E-state index is 12.7. The van der Waals surface area contributed by atoms with Crippen LogP contribution in [0.15, 0.2) is 22.6 Å². The number of amides is 2. The average Bonchev–Trinajstić information content (AvgIpc) is 3.40. The van der Waals surface area contributed by atoms with Crippen LogP contribution in [-0.2, 0) is 15.0 Å². The highest BCUT2D eigenvalue weighted by Crippen LogP contribution is 2.33. The molecular formula is C21H27N3O3. The maximum absolute atomic E-state index is 12.7. The molecule has 27 heavy (non-hydrogen) atoms. The second-order valence-electron chi connectivity index (χ2n) is 8.84. The number of rotatable bonds is 3. The van der Waals surface area contributed by atoms with Crippen LogP contribution >= 0.6 is 0 Å². The molecule has 144 valence electrons. The van der Waals surface area contributed by atoms with Gasteiger partial charge in [0.2, 0.25) is 11.8 Å². The molecule has 0 spiro atoms. The lowest BCUT2D eigenvalue weighted by molar-refractivity contribution is -0.135. The van der Waals surface area contributed by atoms with Crippen molar-refractivity contribution in [1.82, 2.24) is 9.88 Å². The lowest BCUT2D eigenvalue weighted by Gasteiger charge is -2.31. The van der Waals surface area contributed by atoms with E-state index in [1.807, 2.05) is 23.1 Å². The summed E-state index contributed by atoms with van der Waals surface area (Å²) in [5.41, 5.74) is 2.60. The van der Waals surface area contributed by atoms with Gasteiger partial charge in [-0.25, -0.2) is 0 Å². The first kappa shape index (κ1) is 18.0. The molecule has 2 heterocycles. The van der Waals surface area contributed by atoms with Crippen molar-refractivity contribution in [2.45, 2.75) is 51.9 Å². The second-order valence-corrected chi connectivity index (χ2v) is 8.84. The summed E-state index contributed by atoms with van der Waals surface area (Å²) in [6.07, 6.45) is 3.63. The number of nitrogens with zero attached hydrogens (tertiary/aromatic N) is 2. The van der Waals surface area contributed by atoms with Crippen molar-refractivity contribution in [2.24, 2.45) is 11.8 Å². The number of nitrogens with one attached hydrogen (secondary N) is 1. The Morgan fingerprint density at radius 3 is 2.67 bits per heavy atom. The number of carbonyl (C=O) groups is 2. The Bertz CT molecular complexity index is 876. The van der Waals surface area contributed by atoms with Crippen LogP contribution in [0.25, 0.3) is 11.1 Å². The van der Waals surface area contributed by atoms with Gasteiger partial charge in [-0.2, -0.15) is 4.98 Å². The quantitative estimate of drug-likeness (QED) is 0.895. The molecule has 6 heteroatoms. The summed E-state index contributed by atoms with van der Waals surface area (Å²) in [4.78, 5) is 31.2. The number of benzene rings is 1. The number of fused-ring (bicyclic) bond motifs is 1. The summed E-state index contributed by atoms with van der Waals surface area (Å²) in [7, 11) is 0. The van der Waals surface area contributed by atoms with Crippen molar-refractivity contribution in [2.75, 3.05) is 18.4 Å². The van der Waals surface area contributed by atoms with Gasteiger partial charge in [-0.05, 0) is 48.8 Å². The largest absolute Gasteiger partial charge is 0.423 e. The van der Waals surface area contributed by atoms with Gasteiger partial charge in [0.25, 0.3) is 0 Å². The number of likely N-dealkylation sites (tertiary alicyclic amines) is 1. The molecule has 1 aliphatic heterocycles. The molecule has 2 aromatic rings. The monoisotopic (exact) mass is 369 g/mol. The fourth-order valence-electron chi connectivity index (χ4n) is 3.63. The van der Waals surface area contributed by atoms with Crippen molar-refractivity contribution in [3.63, 3.8) is 0 Å². The highest BCUT2D eigenvalue weighted by Gasteiger charge is 2.36. The van der Waals surface area contributed by atoms with Gasteiger partial charge in [-0.3, -0.25) is 14.9 Å². The van der Waals surface area contributed by atoms with E-state index >= 15 is 0 Å². The summed E-state index contributed by atoms with van der Waals surface area (Å²) < 4.78 is 5.70. The molecule has 1 saturated heterocycles. The topological polar surface area (TPSA) is 75.4 Å². The van der Waals surface area contributed by atoms with E-state index in [0.717, 1.165) is 37.7 Å². The summed E-state index contributed by atoms with van der Waals surface area (Å²) in [6, 6.07) is 6.16. The Morgan fingerprint density at radius 1 is 1.19 bits per heavy atom. The molecular weight excluding hydrogens is 342 g/mol. The van der Waals surface area contributed by atoms with E-state index in [4.69, 9.17) is 4.42 Å². The van der Waals surface area contributed by atoms with Crippen LogP contribution in [-0.4, -0.2) is 34.8 Å². The fraction of sp³-hybridized carbons (Fsp3) is 0.571. The lowest BCUT2D eigenvalue weighted by Crippen LogP contribution is -2.44. The number of hydrogen-bond acceptors (Lipinski definition) is 4. The molecule has 1 atom stereocenters. The molecule has 2 amide bonds. The molecule has 0 bridgehead atoms. The van der Waals surface area contributed by atoms with Gasteiger partial charge in [-0.1, -0.05) is 26.8 Å². The van der Waals surface area contributed by atoms with Crippen molar-refractivity contribution >= 4 is 28.9 Å². The number of aromatic nitrogens is 1. The Balaban J connectivity index is 1.45. The van der Waals surface area contributed by atoms with Gasteiger partial charge in [0, 0.05) is 19.0 Å². The van der Waals surface area contributed by atoms with Gasteiger partial charge in [0.1, 0.15) is 5.52 Å². The van der Waals surface area contributed by atoms with E-state index in [1.165, 1.54) is 5.56 Å². The molecule has 0 radical (unpaired) electrons. The minimum atomic E-state index is -0.207. The van der Waals surface area contributed by atoms with Crippen LogP contribution in [0.1, 0.15) is 52.0 Å². The number of piperidine rings is 1. The predicted molar refractivity (Wildman–Crippen MR) is 103 cm³/mol. The molecule has 1 aliphatic carbocycles. The molecule has 1 aromatic carbocycles. The Morgan fingerprint density at radius 2 is 1.96 bits per heavy atom. The van der Waals surface area contributed by atoms with E-state index in [9.17, 15) is 9.59 Å². The van der Waals surface area contributed by atoms with Crippen LogP contribution in [0.5, 0.6) is 0 Å². The normalized spacial score (nSPS) is 20.7. The number of hydrogen-bond donors (Lipinski definition) is 1. The van der Waals surface area contributed by atoms with E-state index < -0.39 is 0 Å². The van der Waals surface area contributed by atoms with Gasteiger partial charge in [0.05, 0.1) is 5.92 Å². The minimum Gasteiger partial charge on any atom is -0.423 e. The zero-order valence-electron chi connectivity index (χ0n) is 16.2. The van der Waals surface area contributed by atoms with Crippen molar-refractivity contribution in [3.05, 3.63) is 23.8 Å². The van der Waals surface area contributed by atoms with Crippen molar-refractivity contribution in [3.8, 4) is 0 Å². The Kier molecular flexibility index (Phi) is 4.44. The fourth-order valence-corrected chi connectivity index (χ4v) is 3.63. The average molecular weight is 369 g/mol. The first-order valence-electron chi connectivity index (χ1n) is 9.82. The van der Waals surface area contributed by atoms with E-state index in [-0.39, 0.29) is 35.1 Å². The number of anilines is 1. The molecule has 2 fully saturated rings. The maximum Gasteiger partial charge on any atom is 0.302 e. The number of carbonyl (C=O) groups excluding carboxylic acids is 2. The third-order valence-electron chi connectivity index (χ3n) is 5.51. The molecule has 1 N–H and O–H groups in total. The van der Waals surface area contributed by atoms with Crippen molar-refractivity contribution < 1.29 is 14.0 Å².